The number of benzene rings is 1. The number of carbonyl (C=O) groups excluding carboxylic acids is 1. The number of halogens is 2. The molecule has 1 aromatic carbocycles. The van der Waals surface area contributed by atoms with Crippen LogP contribution >= 0.6 is 15.9 Å². The predicted octanol–water partition coefficient (Wildman–Crippen LogP) is 5.42. The van der Waals surface area contributed by atoms with Crippen LogP contribution in [0.3, 0.4) is 0 Å². The lowest BCUT2D eigenvalue weighted by Gasteiger charge is -2.29. The lowest BCUT2D eigenvalue weighted by molar-refractivity contribution is -0.119. The van der Waals surface area contributed by atoms with Crippen LogP contribution in [-0.4, -0.2) is 27.2 Å². The number of hydrogen-bond donors (Lipinski definition) is 0. The summed E-state index contributed by atoms with van der Waals surface area (Å²) in [6.45, 7) is 2.82. The molecular weight excluding hydrogens is 447 g/mol. The molecule has 0 aliphatic carbocycles. The summed E-state index contributed by atoms with van der Waals surface area (Å²) in [6.07, 6.45) is 9.45. The molecule has 0 saturated heterocycles. The molecule has 0 spiro atoms. The number of hydrogen-bond acceptors (Lipinski definition) is 3. The van der Waals surface area contributed by atoms with Crippen molar-refractivity contribution in [2.24, 2.45) is 0 Å². The summed E-state index contributed by atoms with van der Waals surface area (Å²) in [7, 11) is 0. The first kappa shape index (κ1) is 20.7. The normalized spacial score (nSPS) is 14.4. The predicted molar refractivity (Wildman–Crippen MR) is 118 cm³/mol. The largest absolute Gasteiger partial charge is 0.309 e. The number of rotatable bonds is 6. The number of carbonyl (C=O) groups is 1. The highest BCUT2D eigenvalue weighted by Gasteiger charge is 2.28. The van der Waals surface area contributed by atoms with E-state index in [1.807, 2.05) is 15.8 Å². The van der Waals surface area contributed by atoms with Gasteiger partial charge in [-0.2, -0.15) is 5.10 Å². The van der Waals surface area contributed by atoms with Gasteiger partial charge in [-0.1, -0.05) is 13.3 Å². The molecule has 0 unspecified atom stereocenters. The molecule has 1 aliphatic heterocycles. The van der Waals surface area contributed by atoms with Crippen molar-refractivity contribution in [1.82, 2.24) is 14.8 Å². The van der Waals surface area contributed by atoms with E-state index in [9.17, 15) is 9.18 Å². The van der Waals surface area contributed by atoms with Crippen molar-refractivity contribution in [3.05, 3.63) is 70.5 Å². The Hall–Kier alpha value is -2.54. The zero-order valence-corrected chi connectivity index (χ0v) is 18.5. The van der Waals surface area contributed by atoms with Gasteiger partial charge in [0.05, 0.1) is 23.3 Å². The summed E-state index contributed by atoms with van der Waals surface area (Å²) in [5, 5.41) is 4.50. The molecular formula is C23H24BrFN4O. The van der Waals surface area contributed by atoms with Gasteiger partial charge in [0.25, 0.3) is 0 Å². The van der Waals surface area contributed by atoms with E-state index < -0.39 is 0 Å². The first-order valence-corrected chi connectivity index (χ1v) is 11.1. The molecule has 0 bridgehead atoms. The van der Waals surface area contributed by atoms with Crippen LogP contribution in [0.4, 0.5) is 10.1 Å². The number of pyridine rings is 1. The summed E-state index contributed by atoms with van der Waals surface area (Å²) < 4.78 is 16.0. The van der Waals surface area contributed by atoms with Crippen LogP contribution in [0.5, 0.6) is 0 Å². The Morgan fingerprint density at radius 2 is 2.03 bits per heavy atom. The van der Waals surface area contributed by atoms with Gasteiger partial charge in [0, 0.05) is 29.8 Å². The number of amides is 1. The molecule has 5 nitrogen and oxygen atoms in total. The van der Waals surface area contributed by atoms with Crippen LogP contribution in [0.2, 0.25) is 0 Å². The van der Waals surface area contributed by atoms with Crippen molar-refractivity contribution in [3.63, 3.8) is 0 Å². The maximum atomic E-state index is 13.3. The minimum atomic E-state index is -0.277. The molecule has 0 N–H and O–H groups in total. The Balaban J connectivity index is 1.58. The molecule has 1 aliphatic rings. The molecule has 30 heavy (non-hydrogen) atoms. The molecule has 7 heteroatoms. The zero-order valence-electron chi connectivity index (χ0n) is 16.9. The van der Waals surface area contributed by atoms with Crippen molar-refractivity contribution in [1.29, 1.82) is 0 Å². The fourth-order valence-corrected chi connectivity index (χ4v) is 4.50. The van der Waals surface area contributed by atoms with Crippen LogP contribution in [-0.2, 0) is 11.2 Å². The molecule has 1 atom stereocenters. The molecule has 3 heterocycles. The minimum Gasteiger partial charge on any atom is -0.309 e. The number of nitrogens with zero attached hydrogens (tertiary/aromatic N) is 4. The Bertz CT molecular complexity index is 1030. The molecule has 2 aromatic heterocycles. The van der Waals surface area contributed by atoms with E-state index in [-0.39, 0.29) is 17.6 Å². The molecule has 156 valence electrons. The second-order valence-electron chi connectivity index (χ2n) is 7.64. The fourth-order valence-electron chi connectivity index (χ4n) is 4.12. The molecule has 0 fully saturated rings. The second-order valence-corrected chi connectivity index (χ2v) is 8.56. The number of fused-ring (bicyclic) bond motifs is 1. The van der Waals surface area contributed by atoms with Gasteiger partial charge in [-0.15, -0.1) is 0 Å². The molecule has 3 aromatic rings. The number of aromatic nitrogens is 3. The highest BCUT2D eigenvalue weighted by Crippen LogP contribution is 2.32. The zero-order chi connectivity index (χ0) is 21.1. The second kappa shape index (κ2) is 9.08. The quantitative estimate of drug-likeness (QED) is 0.482. The van der Waals surface area contributed by atoms with E-state index in [2.05, 4.69) is 39.0 Å². The molecule has 0 radical (unpaired) electrons. The average Bonchev–Trinajstić information content (AvgIpc) is 3.18. The SMILES string of the molecule is CCC[C@H](CC(=O)N1CCCc2c1cnn2-c1ccc(F)cc1)c1cncc(Br)c1. The van der Waals surface area contributed by atoms with Gasteiger partial charge in [-0.3, -0.25) is 9.78 Å². The van der Waals surface area contributed by atoms with E-state index in [0.717, 1.165) is 52.8 Å². The van der Waals surface area contributed by atoms with Gasteiger partial charge in [0.15, 0.2) is 0 Å². The lowest BCUT2D eigenvalue weighted by atomic mass is 9.91. The Labute approximate surface area is 184 Å². The third-order valence-corrected chi connectivity index (χ3v) is 5.99. The van der Waals surface area contributed by atoms with Crippen LogP contribution < -0.4 is 4.90 Å². The van der Waals surface area contributed by atoms with E-state index >= 15 is 0 Å². The topological polar surface area (TPSA) is 51.0 Å². The maximum Gasteiger partial charge on any atom is 0.227 e. The van der Waals surface area contributed by atoms with E-state index in [4.69, 9.17) is 0 Å². The third-order valence-electron chi connectivity index (χ3n) is 5.56. The van der Waals surface area contributed by atoms with Gasteiger partial charge in [0.2, 0.25) is 5.91 Å². The standard InChI is InChI=1S/C23H24BrFN4O/c1-2-4-16(17-11-18(24)14-26-13-17)12-23(30)28-10-3-5-21-22(28)15-27-29(21)20-8-6-19(25)7-9-20/h6-9,11,13-16H,2-5,10,12H2,1H3/t16-/m1/s1. The maximum absolute atomic E-state index is 13.3. The van der Waals surface area contributed by atoms with Gasteiger partial charge >= 0.3 is 0 Å². The van der Waals surface area contributed by atoms with Crippen LogP contribution in [0.1, 0.15) is 49.8 Å². The van der Waals surface area contributed by atoms with Crippen molar-refractivity contribution in [3.8, 4) is 5.69 Å². The van der Waals surface area contributed by atoms with Crippen LogP contribution in [0.15, 0.2) is 53.4 Å². The fraction of sp³-hybridized carbons (Fsp3) is 0.348. The smallest absolute Gasteiger partial charge is 0.227 e. The first-order valence-electron chi connectivity index (χ1n) is 10.3. The monoisotopic (exact) mass is 470 g/mol. The number of anilines is 1. The minimum absolute atomic E-state index is 0.105. The summed E-state index contributed by atoms with van der Waals surface area (Å²) >= 11 is 3.48. The van der Waals surface area contributed by atoms with E-state index in [0.29, 0.717) is 13.0 Å². The summed E-state index contributed by atoms with van der Waals surface area (Å²) in [5.74, 6) is -0.0429. The molecule has 4 rings (SSSR count). The summed E-state index contributed by atoms with van der Waals surface area (Å²) in [5.41, 5.74) is 3.74. The first-order chi connectivity index (χ1) is 14.6. The van der Waals surface area contributed by atoms with Crippen molar-refractivity contribution in [2.75, 3.05) is 11.4 Å². The van der Waals surface area contributed by atoms with Crippen LogP contribution in [0.25, 0.3) is 5.69 Å². The molecule has 0 saturated carbocycles. The lowest BCUT2D eigenvalue weighted by Crippen LogP contribution is -2.36. The average molecular weight is 471 g/mol. The van der Waals surface area contributed by atoms with Crippen molar-refractivity contribution >= 4 is 27.5 Å². The van der Waals surface area contributed by atoms with E-state index in [1.165, 1.54) is 12.1 Å². The molecule has 1 amide bonds. The Morgan fingerprint density at radius 1 is 1.23 bits per heavy atom. The van der Waals surface area contributed by atoms with Gasteiger partial charge < -0.3 is 4.90 Å². The Morgan fingerprint density at radius 3 is 2.77 bits per heavy atom. The summed E-state index contributed by atoms with van der Waals surface area (Å²) in [4.78, 5) is 19.4. The van der Waals surface area contributed by atoms with Gasteiger partial charge in [0.1, 0.15) is 5.82 Å². The Kier molecular flexibility index (Phi) is 6.27. The third kappa shape index (κ3) is 4.31. The van der Waals surface area contributed by atoms with Crippen molar-refractivity contribution < 1.29 is 9.18 Å². The van der Waals surface area contributed by atoms with Crippen LogP contribution in [0, 0.1) is 5.82 Å². The van der Waals surface area contributed by atoms with Gasteiger partial charge in [-0.25, -0.2) is 9.07 Å². The van der Waals surface area contributed by atoms with E-state index in [1.54, 1.807) is 24.5 Å². The van der Waals surface area contributed by atoms with Crippen molar-refractivity contribution in [2.45, 2.75) is 44.9 Å². The highest BCUT2D eigenvalue weighted by atomic mass is 79.9. The highest BCUT2D eigenvalue weighted by molar-refractivity contribution is 9.10. The van der Waals surface area contributed by atoms with Gasteiger partial charge in [-0.05, 0) is 77.0 Å². The summed E-state index contributed by atoms with van der Waals surface area (Å²) in [6, 6.07) is 8.32.